The van der Waals surface area contributed by atoms with Gasteiger partial charge in [-0.05, 0) is 73.5 Å². The van der Waals surface area contributed by atoms with E-state index < -0.39 is 0 Å². The average molecular weight is 459 g/mol. The molecule has 4 aliphatic carbocycles. The second-order valence-electron chi connectivity index (χ2n) is 11.8. The van der Waals surface area contributed by atoms with E-state index >= 15 is 0 Å². The normalized spacial score (nSPS) is 42.8. The van der Waals surface area contributed by atoms with Gasteiger partial charge in [0.05, 0.1) is 0 Å². The average Bonchev–Trinajstić information content (AvgIpc) is 3.09. The summed E-state index contributed by atoms with van der Waals surface area (Å²) < 4.78 is 11.6. The van der Waals surface area contributed by atoms with E-state index in [4.69, 9.17) is 9.47 Å². The Labute approximate surface area is 199 Å². The van der Waals surface area contributed by atoms with Gasteiger partial charge in [0.1, 0.15) is 18.5 Å². The van der Waals surface area contributed by atoms with Crippen molar-refractivity contribution in [1.82, 2.24) is 0 Å². The van der Waals surface area contributed by atoms with Gasteiger partial charge in [-0.2, -0.15) is 0 Å². The number of esters is 2. The molecule has 0 heterocycles. The van der Waals surface area contributed by atoms with E-state index in [9.17, 15) is 14.4 Å². The lowest BCUT2D eigenvalue weighted by Crippen LogP contribution is -2.57. The van der Waals surface area contributed by atoms with Gasteiger partial charge in [0, 0.05) is 38.5 Å². The van der Waals surface area contributed by atoms with E-state index in [1.54, 1.807) is 0 Å². The first-order valence-corrected chi connectivity index (χ1v) is 13.1. The fourth-order valence-electron chi connectivity index (χ4n) is 8.86. The fraction of sp³-hybridized carbons (Fsp3) is 0.821. The molecule has 0 aromatic heterocycles. The van der Waals surface area contributed by atoms with Crippen molar-refractivity contribution < 1.29 is 23.9 Å². The van der Waals surface area contributed by atoms with Crippen LogP contribution in [0, 0.1) is 40.4 Å². The Balaban J connectivity index is 1.62. The molecule has 0 spiro atoms. The minimum Gasteiger partial charge on any atom is -0.462 e. The van der Waals surface area contributed by atoms with E-state index in [2.05, 4.69) is 26.8 Å². The fourth-order valence-corrected chi connectivity index (χ4v) is 8.86. The lowest BCUT2D eigenvalue weighted by molar-refractivity contribution is -0.172. The standard InChI is InChI=1S/C28H42O5/c1-17(7-6-14-29)23-10-11-24-22-9-8-20-15-21(32-18(2)30)16-26(33-19(3)31)28(20,5)25(22)12-13-27(23,24)4/h8,14,17,21-26H,6-7,9-13,15-16H2,1-5H3/t17-,21-,22+,23-,24+,25+,26+,27-,28+/m1/s1. The summed E-state index contributed by atoms with van der Waals surface area (Å²) >= 11 is 0. The van der Waals surface area contributed by atoms with Gasteiger partial charge in [-0.25, -0.2) is 0 Å². The molecule has 184 valence electrons. The minimum absolute atomic E-state index is 0.187. The predicted molar refractivity (Wildman–Crippen MR) is 126 cm³/mol. The van der Waals surface area contributed by atoms with Crippen LogP contribution in [-0.4, -0.2) is 30.4 Å². The second kappa shape index (κ2) is 9.19. The van der Waals surface area contributed by atoms with Crippen LogP contribution in [0.1, 0.15) is 92.4 Å². The van der Waals surface area contributed by atoms with Gasteiger partial charge in [-0.1, -0.05) is 32.4 Å². The van der Waals surface area contributed by atoms with Crippen molar-refractivity contribution in [3.05, 3.63) is 11.6 Å². The molecule has 0 aliphatic heterocycles. The topological polar surface area (TPSA) is 69.7 Å². The van der Waals surface area contributed by atoms with Crippen molar-refractivity contribution in [3.8, 4) is 0 Å². The van der Waals surface area contributed by atoms with Crippen LogP contribution < -0.4 is 0 Å². The van der Waals surface area contributed by atoms with Crippen LogP contribution in [0.25, 0.3) is 0 Å². The molecule has 5 nitrogen and oxygen atoms in total. The molecule has 0 bridgehead atoms. The molecule has 33 heavy (non-hydrogen) atoms. The van der Waals surface area contributed by atoms with Crippen LogP contribution in [0.15, 0.2) is 11.6 Å². The second-order valence-corrected chi connectivity index (χ2v) is 11.8. The van der Waals surface area contributed by atoms with Crippen LogP contribution in [0.5, 0.6) is 0 Å². The van der Waals surface area contributed by atoms with E-state index in [1.807, 2.05) is 0 Å². The highest BCUT2D eigenvalue weighted by atomic mass is 16.6. The first-order chi connectivity index (χ1) is 15.6. The third-order valence-electron chi connectivity index (χ3n) is 10.3. The van der Waals surface area contributed by atoms with Gasteiger partial charge in [0.25, 0.3) is 0 Å². The van der Waals surface area contributed by atoms with Gasteiger partial charge < -0.3 is 14.3 Å². The summed E-state index contributed by atoms with van der Waals surface area (Å²) in [5, 5.41) is 0. The number of allylic oxidation sites excluding steroid dienone is 1. The molecule has 4 aliphatic rings. The Hall–Kier alpha value is -1.65. The third-order valence-corrected chi connectivity index (χ3v) is 10.3. The predicted octanol–water partition coefficient (Wildman–Crippen LogP) is 5.65. The minimum atomic E-state index is -0.270. The van der Waals surface area contributed by atoms with Gasteiger partial charge in [0.2, 0.25) is 0 Å². The van der Waals surface area contributed by atoms with Gasteiger partial charge in [0.15, 0.2) is 0 Å². The highest BCUT2D eigenvalue weighted by Crippen LogP contribution is 2.67. The molecular weight excluding hydrogens is 416 g/mol. The van der Waals surface area contributed by atoms with E-state index in [0.717, 1.165) is 32.0 Å². The van der Waals surface area contributed by atoms with Crippen molar-refractivity contribution >= 4 is 18.2 Å². The number of fused-ring (bicyclic) bond motifs is 5. The van der Waals surface area contributed by atoms with Crippen LogP contribution in [-0.2, 0) is 23.9 Å². The Morgan fingerprint density at radius 1 is 1.12 bits per heavy atom. The van der Waals surface area contributed by atoms with Crippen molar-refractivity contribution in [3.63, 3.8) is 0 Å². The maximum absolute atomic E-state index is 12.1. The molecule has 4 rings (SSSR count). The third kappa shape index (κ3) is 4.18. The van der Waals surface area contributed by atoms with Crippen LogP contribution in [0.2, 0.25) is 0 Å². The number of carbonyl (C=O) groups excluding carboxylic acids is 3. The van der Waals surface area contributed by atoms with Crippen LogP contribution >= 0.6 is 0 Å². The first-order valence-electron chi connectivity index (χ1n) is 13.1. The number of carbonyl (C=O) groups is 3. The van der Waals surface area contributed by atoms with E-state index in [1.165, 1.54) is 38.7 Å². The van der Waals surface area contributed by atoms with Crippen molar-refractivity contribution in [2.75, 3.05) is 0 Å². The lowest BCUT2D eigenvalue weighted by atomic mass is 9.46. The summed E-state index contributed by atoms with van der Waals surface area (Å²) in [6.45, 7) is 10.1. The molecule has 5 heteroatoms. The van der Waals surface area contributed by atoms with Gasteiger partial charge in [-0.15, -0.1) is 0 Å². The molecule has 0 N–H and O–H groups in total. The van der Waals surface area contributed by atoms with Crippen LogP contribution in [0.4, 0.5) is 0 Å². The molecule has 0 aromatic rings. The van der Waals surface area contributed by atoms with E-state index in [0.29, 0.717) is 47.8 Å². The highest BCUT2D eigenvalue weighted by molar-refractivity contribution is 5.67. The van der Waals surface area contributed by atoms with Crippen molar-refractivity contribution in [2.45, 2.75) is 105 Å². The number of hydrogen-bond acceptors (Lipinski definition) is 5. The SMILES string of the molecule is CC(=O)O[C@@H]1CC2=CC[C@H]3[C@@H]4CC[C@H]([C@H](C)CCC=O)[C@@]4(C)CC[C@@H]3[C@@]2(C)[C@@H](OC(C)=O)C1. The molecular formula is C28H42O5. The quantitative estimate of drug-likeness (QED) is 0.292. The Bertz CT molecular complexity index is 817. The lowest BCUT2D eigenvalue weighted by Gasteiger charge is -2.60. The monoisotopic (exact) mass is 458 g/mol. The summed E-state index contributed by atoms with van der Waals surface area (Å²) in [5.74, 6) is 2.51. The number of rotatable bonds is 6. The maximum atomic E-state index is 12.1. The Kier molecular flexibility index (Phi) is 6.81. The zero-order valence-electron chi connectivity index (χ0n) is 21.1. The summed E-state index contributed by atoms with van der Waals surface area (Å²) in [7, 11) is 0. The van der Waals surface area contributed by atoms with Gasteiger partial charge in [-0.3, -0.25) is 9.59 Å². The number of ether oxygens (including phenoxy) is 2. The number of aldehydes is 1. The highest BCUT2D eigenvalue weighted by Gasteiger charge is 2.62. The number of hydrogen-bond donors (Lipinski definition) is 0. The summed E-state index contributed by atoms with van der Waals surface area (Å²) in [6.07, 6.45) is 12.0. The first kappa shape index (κ1) is 24.5. The molecule has 9 atom stereocenters. The van der Waals surface area contributed by atoms with Crippen molar-refractivity contribution in [2.24, 2.45) is 40.4 Å². The molecule has 3 fully saturated rings. The molecule has 0 unspecified atom stereocenters. The maximum Gasteiger partial charge on any atom is 0.302 e. The summed E-state index contributed by atoms with van der Waals surface area (Å²) in [4.78, 5) is 34.7. The zero-order valence-corrected chi connectivity index (χ0v) is 21.1. The smallest absolute Gasteiger partial charge is 0.302 e. The molecule has 3 saturated carbocycles. The van der Waals surface area contributed by atoms with Gasteiger partial charge >= 0.3 is 11.9 Å². The Morgan fingerprint density at radius 2 is 1.85 bits per heavy atom. The van der Waals surface area contributed by atoms with Crippen LogP contribution in [0.3, 0.4) is 0 Å². The molecule has 0 amide bonds. The largest absolute Gasteiger partial charge is 0.462 e. The molecule has 0 radical (unpaired) electrons. The summed E-state index contributed by atoms with van der Waals surface area (Å²) in [6, 6.07) is 0. The van der Waals surface area contributed by atoms with Crippen molar-refractivity contribution in [1.29, 1.82) is 0 Å². The zero-order chi connectivity index (χ0) is 24.0. The Morgan fingerprint density at radius 3 is 2.52 bits per heavy atom. The molecule has 0 aromatic carbocycles. The molecule has 0 saturated heterocycles. The van der Waals surface area contributed by atoms with E-state index in [-0.39, 0.29) is 29.6 Å². The summed E-state index contributed by atoms with van der Waals surface area (Å²) in [5.41, 5.74) is 1.47.